The standard InChI is InChI=1S/C13H15F2N3O3/c14-9-6-10(15)12(18(20)21)5-8(9)7-17-11-3-1-2-4-16-13(11)19/h5-6,11,17H,1-4,7H2,(H,16,19). The molecule has 2 rings (SSSR count). The Hall–Kier alpha value is -2.09. The molecule has 2 N–H and O–H groups in total. The molecule has 1 aliphatic rings. The second kappa shape index (κ2) is 6.57. The molecule has 1 unspecified atom stereocenters. The number of rotatable bonds is 4. The van der Waals surface area contributed by atoms with Crippen molar-refractivity contribution in [1.82, 2.24) is 10.6 Å². The summed E-state index contributed by atoms with van der Waals surface area (Å²) >= 11 is 0. The van der Waals surface area contributed by atoms with E-state index in [-0.39, 0.29) is 18.0 Å². The molecule has 1 aromatic rings. The highest BCUT2D eigenvalue weighted by atomic mass is 19.1. The van der Waals surface area contributed by atoms with E-state index in [0.717, 1.165) is 18.9 Å². The average molecular weight is 299 g/mol. The first-order valence-corrected chi connectivity index (χ1v) is 6.62. The minimum absolute atomic E-state index is 0.0415. The maximum atomic E-state index is 13.6. The van der Waals surface area contributed by atoms with Crippen LogP contribution in [0.2, 0.25) is 0 Å². The van der Waals surface area contributed by atoms with Gasteiger partial charge in [-0.3, -0.25) is 14.9 Å². The van der Waals surface area contributed by atoms with Crippen LogP contribution in [-0.2, 0) is 11.3 Å². The largest absolute Gasteiger partial charge is 0.355 e. The first kappa shape index (κ1) is 15.3. The van der Waals surface area contributed by atoms with Crippen LogP contribution < -0.4 is 10.6 Å². The highest BCUT2D eigenvalue weighted by Gasteiger charge is 2.22. The molecule has 6 nitrogen and oxygen atoms in total. The Morgan fingerprint density at radius 2 is 2.10 bits per heavy atom. The molecule has 1 fully saturated rings. The van der Waals surface area contributed by atoms with Gasteiger partial charge in [0.15, 0.2) is 0 Å². The third kappa shape index (κ3) is 3.72. The van der Waals surface area contributed by atoms with Crippen molar-refractivity contribution in [1.29, 1.82) is 0 Å². The number of nitro benzene ring substituents is 1. The van der Waals surface area contributed by atoms with E-state index in [1.54, 1.807) is 0 Å². The Morgan fingerprint density at radius 1 is 1.33 bits per heavy atom. The van der Waals surface area contributed by atoms with Gasteiger partial charge in [-0.05, 0) is 19.3 Å². The average Bonchev–Trinajstić information content (AvgIpc) is 2.62. The van der Waals surface area contributed by atoms with E-state index in [1.807, 2.05) is 0 Å². The molecule has 1 heterocycles. The highest BCUT2D eigenvalue weighted by molar-refractivity contribution is 5.81. The number of amides is 1. The van der Waals surface area contributed by atoms with Crippen LogP contribution in [0.3, 0.4) is 0 Å². The van der Waals surface area contributed by atoms with Gasteiger partial charge in [-0.15, -0.1) is 0 Å². The third-order valence-electron chi connectivity index (χ3n) is 3.39. The molecule has 1 atom stereocenters. The second-order valence-corrected chi connectivity index (χ2v) is 4.87. The molecule has 0 saturated carbocycles. The molecule has 0 radical (unpaired) electrons. The van der Waals surface area contributed by atoms with Crippen molar-refractivity contribution < 1.29 is 18.5 Å². The fourth-order valence-electron chi connectivity index (χ4n) is 2.22. The summed E-state index contributed by atoms with van der Waals surface area (Å²) in [6.07, 6.45) is 2.33. The zero-order valence-electron chi connectivity index (χ0n) is 11.2. The van der Waals surface area contributed by atoms with Gasteiger partial charge in [-0.1, -0.05) is 0 Å². The monoisotopic (exact) mass is 299 g/mol. The van der Waals surface area contributed by atoms with Gasteiger partial charge in [0, 0.05) is 30.8 Å². The van der Waals surface area contributed by atoms with Gasteiger partial charge in [-0.25, -0.2) is 4.39 Å². The van der Waals surface area contributed by atoms with Gasteiger partial charge in [0.2, 0.25) is 11.7 Å². The summed E-state index contributed by atoms with van der Waals surface area (Å²) in [7, 11) is 0. The van der Waals surface area contributed by atoms with E-state index in [0.29, 0.717) is 19.0 Å². The SMILES string of the molecule is O=C1NCCCCC1NCc1cc([N+](=O)[O-])c(F)cc1F. The van der Waals surface area contributed by atoms with Crippen molar-refractivity contribution in [3.63, 3.8) is 0 Å². The van der Waals surface area contributed by atoms with E-state index < -0.39 is 28.3 Å². The van der Waals surface area contributed by atoms with Crippen molar-refractivity contribution in [2.24, 2.45) is 0 Å². The maximum absolute atomic E-state index is 13.6. The number of nitrogens with zero attached hydrogens (tertiary/aromatic N) is 1. The Morgan fingerprint density at radius 3 is 2.81 bits per heavy atom. The summed E-state index contributed by atoms with van der Waals surface area (Å²) < 4.78 is 26.8. The zero-order chi connectivity index (χ0) is 15.4. The molecule has 0 bridgehead atoms. The van der Waals surface area contributed by atoms with Crippen LogP contribution >= 0.6 is 0 Å². The van der Waals surface area contributed by atoms with Crippen LogP contribution in [0.4, 0.5) is 14.5 Å². The van der Waals surface area contributed by atoms with Crippen LogP contribution in [0.25, 0.3) is 0 Å². The number of benzene rings is 1. The van der Waals surface area contributed by atoms with Crippen molar-refractivity contribution >= 4 is 11.6 Å². The first-order valence-electron chi connectivity index (χ1n) is 6.62. The van der Waals surface area contributed by atoms with Gasteiger partial charge in [0.1, 0.15) is 5.82 Å². The lowest BCUT2D eigenvalue weighted by atomic mass is 10.1. The minimum Gasteiger partial charge on any atom is -0.355 e. The summed E-state index contributed by atoms with van der Waals surface area (Å²) in [5.41, 5.74) is -0.821. The summed E-state index contributed by atoms with van der Waals surface area (Å²) in [4.78, 5) is 21.5. The number of carbonyl (C=O) groups excluding carboxylic acids is 1. The predicted octanol–water partition coefficient (Wildman–Crippen LogP) is 1.63. The Kier molecular flexibility index (Phi) is 4.79. The quantitative estimate of drug-likeness (QED) is 0.654. The fourth-order valence-corrected chi connectivity index (χ4v) is 2.22. The van der Waals surface area contributed by atoms with E-state index in [1.165, 1.54) is 0 Å². The van der Waals surface area contributed by atoms with E-state index >= 15 is 0 Å². The number of nitrogens with one attached hydrogen (secondary N) is 2. The van der Waals surface area contributed by atoms with Crippen molar-refractivity contribution in [3.05, 3.63) is 39.4 Å². The van der Waals surface area contributed by atoms with Crippen LogP contribution in [0, 0.1) is 21.7 Å². The van der Waals surface area contributed by atoms with Gasteiger partial charge >= 0.3 is 5.69 Å². The van der Waals surface area contributed by atoms with Crippen LogP contribution in [0.1, 0.15) is 24.8 Å². The molecule has 0 aromatic heterocycles. The lowest BCUT2D eigenvalue weighted by Gasteiger charge is -2.15. The van der Waals surface area contributed by atoms with E-state index in [4.69, 9.17) is 0 Å². The fraction of sp³-hybridized carbons (Fsp3) is 0.462. The second-order valence-electron chi connectivity index (χ2n) is 4.87. The van der Waals surface area contributed by atoms with Crippen LogP contribution in [0.15, 0.2) is 12.1 Å². The third-order valence-corrected chi connectivity index (χ3v) is 3.39. The Balaban J connectivity index is 2.10. The molecule has 0 spiro atoms. The van der Waals surface area contributed by atoms with Gasteiger partial charge in [-0.2, -0.15) is 4.39 Å². The van der Waals surface area contributed by atoms with Crippen LogP contribution in [-0.4, -0.2) is 23.4 Å². The molecular weight excluding hydrogens is 284 g/mol. The predicted molar refractivity (Wildman–Crippen MR) is 70.5 cm³/mol. The van der Waals surface area contributed by atoms with Crippen molar-refractivity contribution in [2.75, 3.05) is 6.54 Å². The molecule has 114 valence electrons. The minimum atomic E-state index is -1.21. The van der Waals surface area contributed by atoms with Crippen LogP contribution in [0.5, 0.6) is 0 Å². The number of hydrogen-bond donors (Lipinski definition) is 2. The molecule has 1 saturated heterocycles. The highest BCUT2D eigenvalue weighted by Crippen LogP contribution is 2.21. The molecule has 1 amide bonds. The lowest BCUT2D eigenvalue weighted by molar-refractivity contribution is -0.387. The van der Waals surface area contributed by atoms with Crippen molar-refractivity contribution in [2.45, 2.75) is 31.8 Å². The lowest BCUT2D eigenvalue weighted by Crippen LogP contribution is -2.42. The molecule has 8 heteroatoms. The first-order chi connectivity index (χ1) is 9.99. The smallest absolute Gasteiger partial charge is 0.305 e. The molecule has 0 aliphatic carbocycles. The summed E-state index contributed by atoms with van der Waals surface area (Å²) in [5.74, 6) is -2.27. The maximum Gasteiger partial charge on any atom is 0.305 e. The molecule has 1 aliphatic heterocycles. The van der Waals surface area contributed by atoms with Gasteiger partial charge < -0.3 is 10.6 Å². The Bertz CT molecular complexity index is 566. The van der Waals surface area contributed by atoms with Gasteiger partial charge in [0.05, 0.1) is 11.0 Å². The number of carbonyl (C=O) groups is 1. The van der Waals surface area contributed by atoms with Crippen molar-refractivity contribution in [3.8, 4) is 0 Å². The normalized spacial score (nSPS) is 19.0. The number of hydrogen-bond acceptors (Lipinski definition) is 4. The Labute approximate surface area is 119 Å². The molecular formula is C13H15F2N3O3. The van der Waals surface area contributed by atoms with E-state index in [2.05, 4.69) is 10.6 Å². The summed E-state index contributed by atoms with van der Waals surface area (Å²) in [6, 6.07) is 0.866. The van der Waals surface area contributed by atoms with Gasteiger partial charge in [0.25, 0.3) is 0 Å². The summed E-state index contributed by atoms with van der Waals surface area (Å²) in [5, 5.41) is 16.2. The zero-order valence-corrected chi connectivity index (χ0v) is 11.2. The number of halogens is 2. The molecule has 21 heavy (non-hydrogen) atoms. The summed E-state index contributed by atoms with van der Waals surface area (Å²) in [6.45, 7) is 0.526. The molecule has 1 aromatic carbocycles. The number of nitro groups is 1. The topological polar surface area (TPSA) is 84.3 Å². The van der Waals surface area contributed by atoms with E-state index in [9.17, 15) is 23.7 Å².